The van der Waals surface area contributed by atoms with Crippen molar-refractivity contribution >= 4 is 18.1 Å². The Morgan fingerprint density at radius 1 is 1.00 bits per heavy atom. The predicted molar refractivity (Wildman–Crippen MR) is 87.4 cm³/mol. The van der Waals surface area contributed by atoms with Gasteiger partial charge in [-0.25, -0.2) is 0 Å². The van der Waals surface area contributed by atoms with Crippen molar-refractivity contribution in [1.82, 2.24) is 10.6 Å². The summed E-state index contributed by atoms with van der Waals surface area (Å²) >= 11 is 0. The van der Waals surface area contributed by atoms with E-state index in [1.807, 2.05) is 0 Å². The fraction of sp³-hybridized carbons (Fsp3) is 0.800. The number of unbranched alkanes of at least 4 members (excludes halogenated alkanes) is 1. The molecule has 0 aliphatic heterocycles. The smallest absolute Gasteiger partial charge is 0.246 e. The normalized spacial score (nSPS) is 11.8. The number of rotatable bonds is 16. The highest BCUT2D eigenvalue weighted by Gasteiger charge is 2.02. The van der Waals surface area contributed by atoms with Crippen molar-refractivity contribution in [2.45, 2.75) is 25.3 Å². The van der Waals surface area contributed by atoms with Crippen LogP contribution in [0.4, 0.5) is 0 Å². The number of carbonyl (C=O) groups is 3. The third kappa shape index (κ3) is 15.3. The van der Waals surface area contributed by atoms with Crippen LogP contribution in [0.3, 0.4) is 0 Å². The number of ether oxygens (including phenoxy) is 3. The predicted octanol–water partition coefficient (Wildman–Crippen LogP) is -1.41. The molecule has 0 aromatic heterocycles. The molecule has 0 aromatic carbocycles. The third-order valence-electron chi connectivity index (χ3n) is 2.91. The number of nitrogens with one attached hydrogen (secondary N) is 2. The first-order chi connectivity index (χ1) is 11.6. The molecular weight excluding hydrogens is 318 g/mol. The molecule has 0 aromatic rings. The van der Waals surface area contributed by atoms with Crippen LogP contribution < -0.4 is 16.4 Å². The number of methoxy groups -OCH3 is 1. The monoisotopic (exact) mass is 347 g/mol. The summed E-state index contributed by atoms with van der Waals surface area (Å²) in [5, 5.41) is 5.33. The second-order valence-corrected chi connectivity index (χ2v) is 5.09. The molecule has 0 saturated heterocycles. The minimum Gasteiger partial charge on any atom is -0.377 e. The molecule has 0 spiro atoms. The van der Waals surface area contributed by atoms with E-state index in [1.54, 1.807) is 0 Å². The fourth-order valence-corrected chi connectivity index (χ4v) is 1.68. The number of carbonyl (C=O) groups excluding carboxylic acids is 3. The largest absolute Gasteiger partial charge is 0.377 e. The van der Waals surface area contributed by atoms with Gasteiger partial charge in [0, 0.05) is 20.2 Å². The van der Waals surface area contributed by atoms with Gasteiger partial charge < -0.3 is 35.4 Å². The molecule has 0 fully saturated rings. The Morgan fingerprint density at radius 3 is 2.38 bits per heavy atom. The van der Waals surface area contributed by atoms with Gasteiger partial charge in [-0.3, -0.25) is 9.59 Å². The summed E-state index contributed by atoms with van der Waals surface area (Å²) in [6.07, 6.45) is 2.90. The van der Waals surface area contributed by atoms with Gasteiger partial charge in [-0.05, 0) is 19.3 Å². The lowest BCUT2D eigenvalue weighted by Crippen LogP contribution is -2.31. The topological polar surface area (TPSA) is 129 Å². The van der Waals surface area contributed by atoms with E-state index < -0.39 is 6.04 Å². The third-order valence-corrected chi connectivity index (χ3v) is 2.91. The van der Waals surface area contributed by atoms with E-state index >= 15 is 0 Å². The van der Waals surface area contributed by atoms with Crippen LogP contribution in [0.5, 0.6) is 0 Å². The Balaban J connectivity index is 3.28. The zero-order chi connectivity index (χ0) is 18.0. The zero-order valence-corrected chi connectivity index (χ0v) is 14.3. The first-order valence-electron chi connectivity index (χ1n) is 7.98. The lowest BCUT2D eigenvalue weighted by Gasteiger charge is -2.08. The first kappa shape index (κ1) is 22.4. The van der Waals surface area contributed by atoms with Gasteiger partial charge in [-0.15, -0.1) is 0 Å². The molecular formula is C15H29N3O6. The summed E-state index contributed by atoms with van der Waals surface area (Å²) in [5.74, 6) is -0.385. The van der Waals surface area contributed by atoms with E-state index in [2.05, 4.69) is 15.4 Å². The molecule has 0 aliphatic rings. The van der Waals surface area contributed by atoms with Crippen molar-refractivity contribution in [2.24, 2.45) is 5.73 Å². The van der Waals surface area contributed by atoms with Crippen LogP contribution in [0.1, 0.15) is 19.3 Å². The maximum atomic E-state index is 11.5. The molecule has 1 atom stereocenters. The minimum atomic E-state index is -0.419. The van der Waals surface area contributed by atoms with Crippen LogP contribution >= 0.6 is 0 Å². The van der Waals surface area contributed by atoms with Crippen LogP contribution in [0.25, 0.3) is 0 Å². The van der Waals surface area contributed by atoms with Crippen LogP contribution in [0, 0.1) is 0 Å². The summed E-state index contributed by atoms with van der Waals surface area (Å²) in [5.41, 5.74) is 5.45. The average molecular weight is 347 g/mol. The number of hydrogen-bond donors (Lipinski definition) is 3. The molecule has 0 unspecified atom stereocenters. The number of nitrogens with two attached hydrogens (primary N) is 1. The molecule has 9 nitrogen and oxygen atoms in total. The van der Waals surface area contributed by atoms with Crippen molar-refractivity contribution in [3.8, 4) is 0 Å². The maximum absolute atomic E-state index is 11.5. The summed E-state index contributed by atoms with van der Waals surface area (Å²) < 4.78 is 15.1. The number of aldehydes is 1. The van der Waals surface area contributed by atoms with Gasteiger partial charge in [0.2, 0.25) is 11.8 Å². The van der Waals surface area contributed by atoms with Crippen molar-refractivity contribution in [3.63, 3.8) is 0 Å². The van der Waals surface area contributed by atoms with Gasteiger partial charge >= 0.3 is 0 Å². The van der Waals surface area contributed by atoms with Crippen LogP contribution in [0.2, 0.25) is 0 Å². The van der Waals surface area contributed by atoms with Gasteiger partial charge in [-0.1, -0.05) is 0 Å². The van der Waals surface area contributed by atoms with E-state index in [1.165, 1.54) is 7.11 Å². The molecule has 0 aliphatic carbocycles. The van der Waals surface area contributed by atoms with E-state index in [-0.39, 0.29) is 25.0 Å². The van der Waals surface area contributed by atoms with E-state index in [9.17, 15) is 14.4 Å². The molecule has 2 amide bonds. The number of amides is 2. The highest BCUT2D eigenvalue weighted by molar-refractivity contribution is 5.77. The van der Waals surface area contributed by atoms with Gasteiger partial charge in [0.05, 0.1) is 25.9 Å². The highest BCUT2D eigenvalue weighted by Crippen LogP contribution is 1.95. The second-order valence-electron chi connectivity index (χ2n) is 5.09. The summed E-state index contributed by atoms with van der Waals surface area (Å²) in [4.78, 5) is 32.8. The highest BCUT2D eigenvalue weighted by atomic mass is 16.5. The molecule has 0 saturated carbocycles. The molecule has 0 rings (SSSR count). The fourth-order valence-electron chi connectivity index (χ4n) is 1.68. The maximum Gasteiger partial charge on any atom is 0.246 e. The summed E-state index contributed by atoms with van der Waals surface area (Å²) in [6, 6.07) is -0.419. The first-order valence-corrected chi connectivity index (χ1v) is 7.98. The summed E-state index contributed by atoms with van der Waals surface area (Å²) in [7, 11) is 1.45. The Labute approximate surface area is 142 Å². The van der Waals surface area contributed by atoms with Gasteiger partial charge in [0.25, 0.3) is 0 Å². The minimum absolute atomic E-state index is 0.0260. The molecule has 140 valence electrons. The van der Waals surface area contributed by atoms with Crippen molar-refractivity contribution in [3.05, 3.63) is 0 Å². The van der Waals surface area contributed by atoms with Crippen LogP contribution in [-0.4, -0.2) is 77.4 Å². The molecule has 0 bridgehead atoms. The average Bonchev–Trinajstić information content (AvgIpc) is 2.56. The van der Waals surface area contributed by atoms with E-state index in [0.29, 0.717) is 39.3 Å². The van der Waals surface area contributed by atoms with Crippen LogP contribution in [-0.2, 0) is 28.6 Å². The second kappa shape index (κ2) is 16.3. The molecule has 24 heavy (non-hydrogen) atoms. The Morgan fingerprint density at radius 2 is 1.67 bits per heavy atom. The lowest BCUT2D eigenvalue weighted by molar-refractivity contribution is -0.127. The van der Waals surface area contributed by atoms with Crippen molar-refractivity contribution in [2.75, 3.05) is 53.2 Å². The van der Waals surface area contributed by atoms with E-state index in [0.717, 1.165) is 19.1 Å². The molecule has 9 heteroatoms. The molecule has 0 heterocycles. The lowest BCUT2D eigenvalue weighted by atomic mass is 10.1. The van der Waals surface area contributed by atoms with Gasteiger partial charge in [0.15, 0.2) is 0 Å². The van der Waals surface area contributed by atoms with Crippen LogP contribution in [0.15, 0.2) is 0 Å². The van der Waals surface area contributed by atoms with Crippen molar-refractivity contribution < 1.29 is 28.6 Å². The number of hydrogen-bond acceptors (Lipinski definition) is 7. The zero-order valence-electron chi connectivity index (χ0n) is 14.3. The Hall–Kier alpha value is -1.55. The van der Waals surface area contributed by atoms with Crippen molar-refractivity contribution in [1.29, 1.82) is 0 Å². The standard InChI is InChI=1S/C15H29N3O6/c1-22-11-14(20)18-6-7-23-8-9-24-12-15(21)17-5-3-2-4-13(16)10-19/h10,13H,2-9,11-12,16H2,1H3,(H,17,21)(H,18,20)/t13-/m0/s1. The Bertz CT molecular complexity index is 354. The van der Waals surface area contributed by atoms with Gasteiger partial charge in [-0.2, -0.15) is 0 Å². The SMILES string of the molecule is COCC(=O)NCCOCCOCC(=O)NCCCC[C@H](N)C=O. The summed E-state index contributed by atoms with van der Waals surface area (Å²) in [6.45, 7) is 1.95. The van der Waals surface area contributed by atoms with E-state index in [4.69, 9.17) is 15.2 Å². The molecule has 4 N–H and O–H groups in total. The molecule has 0 radical (unpaired) electrons. The van der Waals surface area contributed by atoms with Gasteiger partial charge in [0.1, 0.15) is 19.5 Å². The Kier molecular flexibility index (Phi) is 15.3. The quantitative estimate of drug-likeness (QED) is 0.231.